The fourth-order valence-electron chi connectivity index (χ4n) is 1.87. The van der Waals surface area contributed by atoms with E-state index in [1.54, 1.807) is 24.3 Å². The smallest absolute Gasteiger partial charge is 0.257 e. The van der Waals surface area contributed by atoms with Crippen molar-refractivity contribution in [2.24, 2.45) is 0 Å². The molecule has 0 aliphatic rings. The van der Waals surface area contributed by atoms with Gasteiger partial charge in [0.25, 0.3) is 5.91 Å². The van der Waals surface area contributed by atoms with Crippen molar-refractivity contribution in [1.82, 2.24) is 20.2 Å². The van der Waals surface area contributed by atoms with Crippen LogP contribution < -0.4 is 5.32 Å². The van der Waals surface area contributed by atoms with Gasteiger partial charge in [-0.05, 0) is 46.8 Å². The lowest BCUT2D eigenvalue weighted by atomic mass is 10.1. The number of carbonyl (C=O) groups is 1. The highest BCUT2D eigenvalue weighted by atomic mass is 19.1. The molecule has 7 heteroatoms. The molecule has 1 aromatic heterocycles. The molecule has 2 aromatic carbocycles. The molecule has 3 aromatic rings. The molecule has 0 radical (unpaired) electrons. The van der Waals surface area contributed by atoms with Crippen LogP contribution in [0.15, 0.2) is 54.9 Å². The van der Waals surface area contributed by atoms with Crippen LogP contribution in [-0.2, 0) is 0 Å². The van der Waals surface area contributed by atoms with E-state index >= 15 is 0 Å². The van der Waals surface area contributed by atoms with E-state index in [9.17, 15) is 9.18 Å². The van der Waals surface area contributed by atoms with Crippen molar-refractivity contribution in [1.29, 1.82) is 0 Å². The van der Waals surface area contributed by atoms with Gasteiger partial charge >= 0.3 is 0 Å². The van der Waals surface area contributed by atoms with E-state index in [0.29, 0.717) is 16.9 Å². The van der Waals surface area contributed by atoms with E-state index in [4.69, 9.17) is 0 Å². The topological polar surface area (TPSA) is 72.7 Å². The Morgan fingerprint density at radius 3 is 2.57 bits per heavy atom. The van der Waals surface area contributed by atoms with Gasteiger partial charge in [-0.3, -0.25) is 4.79 Å². The van der Waals surface area contributed by atoms with E-state index in [0.717, 1.165) is 0 Å². The minimum absolute atomic E-state index is 0.326. The molecule has 0 saturated carbocycles. The van der Waals surface area contributed by atoms with E-state index < -0.39 is 0 Å². The highest BCUT2D eigenvalue weighted by Gasteiger charge is 2.13. The predicted octanol–water partition coefficient (Wildman–Crippen LogP) is 2.05. The number of hydrogen-bond donors (Lipinski definition) is 1. The van der Waals surface area contributed by atoms with E-state index in [-0.39, 0.29) is 11.7 Å². The number of halogens is 1. The Bertz CT molecular complexity index is 755. The number of aromatic nitrogens is 4. The number of rotatable bonds is 3. The monoisotopic (exact) mass is 283 g/mol. The van der Waals surface area contributed by atoms with E-state index in [1.807, 2.05) is 0 Å². The lowest BCUT2D eigenvalue weighted by Crippen LogP contribution is -2.15. The number of hydrogen-bond acceptors (Lipinski definition) is 4. The molecule has 21 heavy (non-hydrogen) atoms. The molecule has 0 spiro atoms. The Morgan fingerprint density at radius 2 is 1.86 bits per heavy atom. The number of carbonyl (C=O) groups excluding carboxylic acids is 1. The van der Waals surface area contributed by atoms with Crippen molar-refractivity contribution in [2.45, 2.75) is 0 Å². The molecule has 1 N–H and O–H groups in total. The summed E-state index contributed by atoms with van der Waals surface area (Å²) in [4.78, 5) is 12.3. The zero-order valence-corrected chi connectivity index (χ0v) is 10.8. The van der Waals surface area contributed by atoms with E-state index in [2.05, 4.69) is 20.8 Å². The van der Waals surface area contributed by atoms with Crippen LogP contribution >= 0.6 is 0 Å². The van der Waals surface area contributed by atoms with Gasteiger partial charge in [-0.25, -0.2) is 4.39 Å². The number of tetrazole rings is 1. The number of amides is 1. The first-order valence-corrected chi connectivity index (χ1v) is 6.13. The van der Waals surface area contributed by atoms with Crippen LogP contribution in [0.4, 0.5) is 10.1 Å². The number of nitrogens with one attached hydrogen (secondary N) is 1. The normalized spacial score (nSPS) is 10.3. The standard InChI is InChI=1S/C14H10FN5O/c15-10-5-7-11(8-6-10)17-14(21)12-3-1-2-4-13(12)20-9-16-18-19-20/h1-9H,(H,17,21). The molecule has 6 nitrogen and oxygen atoms in total. The number of nitrogens with zero attached hydrogens (tertiary/aromatic N) is 4. The molecule has 0 unspecified atom stereocenters. The maximum absolute atomic E-state index is 12.9. The fraction of sp³-hybridized carbons (Fsp3) is 0. The molecular weight excluding hydrogens is 273 g/mol. The summed E-state index contributed by atoms with van der Waals surface area (Å²) in [7, 11) is 0. The summed E-state index contributed by atoms with van der Waals surface area (Å²) < 4.78 is 14.3. The summed E-state index contributed by atoms with van der Waals surface area (Å²) in [5.74, 6) is -0.685. The van der Waals surface area contributed by atoms with Gasteiger partial charge in [-0.2, -0.15) is 4.68 Å². The van der Waals surface area contributed by atoms with Crippen LogP contribution in [0.5, 0.6) is 0 Å². The van der Waals surface area contributed by atoms with Crippen LogP contribution in [0, 0.1) is 5.82 Å². The van der Waals surface area contributed by atoms with Crippen LogP contribution in [0.2, 0.25) is 0 Å². The van der Waals surface area contributed by atoms with Crippen molar-refractivity contribution >= 4 is 11.6 Å². The van der Waals surface area contributed by atoms with E-state index in [1.165, 1.54) is 35.3 Å². The Morgan fingerprint density at radius 1 is 1.10 bits per heavy atom. The van der Waals surface area contributed by atoms with Gasteiger partial charge in [0.05, 0.1) is 11.3 Å². The van der Waals surface area contributed by atoms with Crippen molar-refractivity contribution in [3.8, 4) is 5.69 Å². The zero-order chi connectivity index (χ0) is 14.7. The average Bonchev–Trinajstić information content (AvgIpc) is 3.04. The van der Waals surface area contributed by atoms with Crippen LogP contribution in [0.25, 0.3) is 5.69 Å². The predicted molar refractivity (Wildman–Crippen MR) is 73.5 cm³/mol. The highest BCUT2D eigenvalue weighted by molar-refractivity contribution is 6.06. The minimum Gasteiger partial charge on any atom is -0.322 e. The molecule has 3 rings (SSSR count). The Labute approximate surface area is 119 Å². The third kappa shape index (κ3) is 2.76. The van der Waals surface area contributed by atoms with Crippen molar-refractivity contribution in [3.05, 3.63) is 66.2 Å². The first kappa shape index (κ1) is 12.9. The highest BCUT2D eigenvalue weighted by Crippen LogP contribution is 2.16. The summed E-state index contributed by atoms with van der Waals surface area (Å²) in [5.41, 5.74) is 1.48. The van der Waals surface area contributed by atoms with Crippen molar-refractivity contribution in [3.63, 3.8) is 0 Å². The second-order valence-electron chi connectivity index (χ2n) is 4.23. The molecule has 0 atom stereocenters. The minimum atomic E-state index is -0.359. The molecule has 104 valence electrons. The number of benzene rings is 2. The number of para-hydroxylation sites is 1. The average molecular weight is 283 g/mol. The Hall–Kier alpha value is -3.09. The molecule has 0 aliphatic heterocycles. The molecule has 0 aliphatic carbocycles. The summed E-state index contributed by atoms with van der Waals surface area (Å²) in [6.45, 7) is 0. The van der Waals surface area contributed by atoms with Gasteiger partial charge in [-0.15, -0.1) is 5.10 Å². The van der Waals surface area contributed by atoms with Gasteiger partial charge in [0.15, 0.2) is 0 Å². The SMILES string of the molecule is O=C(Nc1ccc(F)cc1)c1ccccc1-n1cnnn1. The molecular formula is C14H10FN5O. The quantitative estimate of drug-likeness (QED) is 0.798. The summed E-state index contributed by atoms with van der Waals surface area (Å²) in [6, 6.07) is 12.5. The van der Waals surface area contributed by atoms with Crippen molar-refractivity contribution < 1.29 is 9.18 Å². The van der Waals surface area contributed by atoms with Gasteiger partial charge in [-0.1, -0.05) is 12.1 Å². The second kappa shape index (κ2) is 5.49. The summed E-state index contributed by atoms with van der Waals surface area (Å²) >= 11 is 0. The fourth-order valence-corrected chi connectivity index (χ4v) is 1.87. The van der Waals surface area contributed by atoms with Crippen LogP contribution in [0.1, 0.15) is 10.4 Å². The van der Waals surface area contributed by atoms with Gasteiger partial charge in [0.1, 0.15) is 12.1 Å². The largest absolute Gasteiger partial charge is 0.322 e. The molecule has 0 bridgehead atoms. The lowest BCUT2D eigenvalue weighted by Gasteiger charge is -2.09. The number of anilines is 1. The molecule has 1 amide bonds. The maximum Gasteiger partial charge on any atom is 0.257 e. The molecule has 0 saturated heterocycles. The van der Waals surface area contributed by atoms with Gasteiger partial charge in [0, 0.05) is 5.69 Å². The maximum atomic E-state index is 12.9. The summed E-state index contributed by atoms with van der Waals surface area (Å²) in [5, 5.41) is 13.6. The third-order valence-electron chi connectivity index (χ3n) is 2.85. The Kier molecular flexibility index (Phi) is 3.38. The first-order chi connectivity index (χ1) is 10.2. The molecule has 0 fully saturated rings. The van der Waals surface area contributed by atoms with Gasteiger partial charge < -0.3 is 5.32 Å². The van der Waals surface area contributed by atoms with Crippen molar-refractivity contribution in [2.75, 3.05) is 5.32 Å². The van der Waals surface area contributed by atoms with Crippen LogP contribution in [0.3, 0.4) is 0 Å². The van der Waals surface area contributed by atoms with Gasteiger partial charge in [0.2, 0.25) is 0 Å². The lowest BCUT2D eigenvalue weighted by molar-refractivity contribution is 0.102. The second-order valence-corrected chi connectivity index (χ2v) is 4.23. The zero-order valence-electron chi connectivity index (χ0n) is 10.8. The first-order valence-electron chi connectivity index (χ1n) is 6.13. The Balaban J connectivity index is 1.90. The third-order valence-corrected chi connectivity index (χ3v) is 2.85. The summed E-state index contributed by atoms with van der Waals surface area (Å²) in [6.07, 6.45) is 1.41. The van der Waals surface area contributed by atoms with Crippen LogP contribution in [-0.4, -0.2) is 26.1 Å². The molecule has 1 heterocycles.